The van der Waals surface area contributed by atoms with Gasteiger partial charge in [0.15, 0.2) is 0 Å². The van der Waals surface area contributed by atoms with Gasteiger partial charge in [0.05, 0.1) is 5.25 Å². The van der Waals surface area contributed by atoms with Gasteiger partial charge < -0.3 is 5.73 Å². The molecule has 0 fully saturated rings. The molecule has 0 aliphatic carbocycles. The van der Waals surface area contributed by atoms with Gasteiger partial charge in [0.2, 0.25) is 0 Å². The molecule has 90 valence electrons. The summed E-state index contributed by atoms with van der Waals surface area (Å²) >= 11 is 0. The van der Waals surface area contributed by atoms with Crippen LogP contribution in [0.15, 0.2) is 12.2 Å². The number of sulfone groups is 1. The summed E-state index contributed by atoms with van der Waals surface area (Å²) in [5, 5.41) is -0.176. The largest absolute Gasteiger partial charge is 0.330 e. The van der Waals surface area contributed by atoms with Gasteiger partial charge in [-0.2, -0.15) is 0 Å². The van der Waals surface area contributed by atoms with Crippen LogP contribution in [0.1, 0.15) is 39.0 Å². The molecular weight excluding hydrogens is 210 g/mol. The van der Waals surface area contributed by atoms with Crippen LogP contribution in [0, 0.1) is 0 Å². The van der Waals surface area contributed by atoms with Gasteiger partial charge in [-0.15, -0.1) is 0 Å². The van der Waals surface area contributed by atoms with Crippen LogP contribution in [-0.2, 0) is 9.84 Å². The summed E-state index contributed by atoms with van der Waals surface area (Å²) in [5.74, 6) is 0. The van der Waals surface area contributed by atoms with Crippen LogP contribution in [-0.4, -0.2) is 26.5 Å². The second-order valence-corrected chi connectivity index (χ2v) is 6.19. The molecule has 0 bridgehead atoms. The van der Waals surface area contributed by atoms with Crippen molar-refractivity contribution in [3.05, 3.63) is 12.2 Å². The second-order valence-electron chi connectivity index (χ2n) is 3.87. The van der Waals surface area contributed by atoms with Gasteiger partial charge in [-0.25, -0.2) is 8.42 Å². The molecule has 4 heteroatoms. The third kappa shape index (κ3) is 7.56. The van der Waals surface area contributed by atoms with Crippen molar-refractivity contribution in [1.29, 1.82) is 0 Å². The minimum Gasteiger partial charge on any atom is -0.330 e. The average Bonchev–Trinajstić information content (AvgIpc) is 2.14. The van der Waals surface area contributed by atoms with Crippen molar-refractivity contribution in [1.82, 2.24) is 0 Å². The van der Waals surface area contributed by atoms with Crippen molar-refractivity contribution >= 4 is 9.84 Å². The molecule has 1 atom stereocenters. The first kappa shape index (κ1) is 14.6. The highest BCUT2D eigenvalue weighted by atomic mass is 32.2. The zero-order valence-electron chi connectivity index (χ0n) is 9.78. The average molecular weight is 233 g/mol. The quantitative estimate of drug-likeness (QED) is 0.651. The highest BCUT2D eigenvalue weighted by molar-refractivity contribution is 7.91. The molecule has 0 aromatic carbocycles. The predicted octanol–water partition coefficient (Wildman–Crippen LogP) is 1.88. The van der Waals surface area contributed by atoms with Crippen LogP contribution in [0.2, 0.25) is 0 Å². The molecule has 0 aromatic rings. The smallest absolute Gasteiger partial charge is 0.150 e. The monoisotopic (exact) mass is 233 g/mol. The Balaban J connectivity index is 3.98. The van der Waals surface area contributed by atoms with Crippen LogP contribution in [0.3, 0.4) is 0 Å². The Labute approximate surface area is 93.7 Å². The number of rotatable bonds is 8. The maximum absolute atomic E-state index is 11.4. The lowest BCUT2D eigenvalue weighted by Gasteiger charge is -2.12. The topological polar surface area (TPSA) is 60.2 Å². The lowest BCUT2D eigenvalue weighted by molar-refractivity contribution is 0.564. The van der Waals surface area contributed by atoms with Crippen LogP contribution < -0.4 is 5.73 Å². The zero-order valence-corrected chi connectivity index (χ0v) is 10.6. The summed E-state index contributed by atoms with van der Waals surface area (Å²) in [6, 6.07) is 0. The minimum atomic E-state index is -2.88. The molecule has 0 saturated heterocycles. The van der Waals surface area contributed by atoms with Crippen LogP contribution in [0.4, 0.5) is 0 Å². The van der Waals surface area contributed by atoms with Gasteiger partial charge in [-0.3, -0.25) is 0 Å². The Morgan fingerprint density at radius 3 is 2.27 bits per heavy atom. The van der Waals surface area contributed by atoms with Crippen LogP contribution >= 0.6 is 0 Å². The molecule has 0 amide bonds. The summed E-state index contributed by atoms with van der Waals surface area (Å²) in [7, 11) is -2.88. The molecule has 0 radical (unpaired) electrons. The fourth-order valence-corrected chi connectivity index (χ4v) is 2.74. The highest BCUT2D eigenvalue weighted by Gasteiger charge is 2.18. The third-order valence-corrected chi connectivity index (χ3v) is 4.05. The van der Waals surface area contributed by atoms with Crippen molar-refractivity contribution in [2.45, 2.75) is 44.3 Å². The van der Waals surface area contributed by atoms with Gasteiger partial charge in [0.25, 0.3) is 0 Å². The van der Waals surface area contributed by atoms with Crippen LogP contribution in [0.25, 0.3) is 0 Å². The molecule has 0 aliphatic rings. The van der Waals surface area contributed by atoms with E-state index in [1.807, 2.05) is 19.1 Å². The molecule has 3 nitrogen and oxygen atoms in total. The Bertz CT molecular complexity index is 270. The van der Waals surface area contributed by atoms with Gasteiger partial charge in [-0.1, -0.05) is 25.5 Å². The molecular formula is C11H23NO2S. The van der Waals surface area contributed by atoms with E-state index in [2.05, 4.69) is 0 Å². The fraction of sp³-hybridized carbons (Fsp3) is 0.818. The van der Waals surface area contributed by atoms with E-state index in [4.69, 9.17) is 5.73 Å². The SMILES string of the molecule is CCCC(CC/C=C\CCN)S(C)(=O)=O. The highest BCUT2D eigenvalue weighted by Crippen LogP contribution is 2.14. The van der Waals surface area contributed by atoms with E-state index in [0.717, 1.165) is 32.1 Å². The van der Waals surface area contributed by atoms with Gasteiger partial charge in [-0.05, 0) is 32.2 Å². The van der Waals surface area contributed by atoms with Crippen LogP contribution in [0.5, 0.6) is 0 Å². The second kappa shape index (κ2) is 7.88. The van der Waals surface area contributed by atoms with E-state index in [1.165, 1.54) is 6.26 Å². The molecule has 0 aromatic heterocycles. The summed E-state index contributed by atoms with van der Waals surface area (Å²) in [5.41, 5.74) is 5.34. The number of allylic oxidation sites excluding steroid dienone is 1. The van der Waals surface area contributed by atoms with E-state index < -0.39 is 9.84 Å². The lowest BCUT2D eigenvalue weighted by Crippen LogP contribution is -2.19. The molecule has 15 heavy (non-hydrogen) atoms. The van der Waals surface area contributed by atoms with Gasteiger partial charge in [0, 0.05) is 6.26 Å². The normalized spacial score (nSPS) is 14.6. The van der Waals surface area contributed by atoms with E-state index in [-0.39, 0.29) is 5.25 Å². The molecule has 0 rings (SSSR count). The number of hydrogen-bond donors (Lipinski definition) is 1. The number of hydrogen-bond acceptors (Lipinski definition) is 3. The van der Waals surface area contributed by atoms with E-state index in [0.29, 0.717) is 6.54 Å². The van der Waals surface area contributed by atoms with Gasteiger partial charge in [0.1, 0.15) is 9.84 Å². The zero-order chi connectivity index (χ0) is 11.7. The Hall–Kier alpha value is -0.350. The molecule has 0 saturated carbocycles. The first-order valence-electron chi connectivity index (χ1n) is 5.56. The molecule has 2 N–H and O–H groups in total. The number of nitrogens with two attached hydrogens (primary N) is 1. The van der Waals surface area contributed by atoms with Crippen molar-refractivity contribution in [3.63, 3.8) is 0 Å². The fourth-order valence-electron chi connectivity index (χ4n) is 1.51. The summed E-state index contributed by atoms with van der Waals surface area (Å²) in [4.78, 5) is 0. The Kier molecular flexibility index (Phi) is 7.70. The summed E-state index contributed by atoms with van der Waals surface area (Å²) < 4.78 is 22.8. The standard InChI is InChI=1S/C11H23NO2S/c1-3-8-11(15(2,13)14)9-6-4-5-7-10-12/h4-5,11H,3,6-10,12H2,1-2H3/b5-4-. The van der Waals surface area contributed by atoms with E-state index in [1.54, 1.807) is 0 Å². The Morgan fingerprint density at radius 2 is 1.80 bits per heavy atom. The van der Waals surface area contributed by atoms with Crippen molar-refractivity contribution in [2.24, 2.45) is 5.73 Å². The maximum atomic E-state index is 11.4. The van der Waals surface area contributed by atoms with E-state index in [9.17, 15) is 8.42 Å². The van der Waals surface area contributed by atoms with Crippen molar-refractivity contribution in [2.75, 3.05) is 12.8 Å². The summed E-state index contributed by atoms with van der Waals surface area (Å²) in [6.07, 6.45) is 9.50. The van der Waals surface area contributed by atoms with E-state index >= 15 is 0 Å². The summed E-state index contributed by atoms with van der Waals surface area (Å²) in [6.45, 7) is 2.67. The lowest BCUT2D eigenvalue weighted by atomic mass is 10.1. The van der Waals surface area contributed by atoms with Crippen molar-refractivity contribution in [3.8, 4) is 0 Å². The molecule has 1 unspecified atom stereocenters. The van der Waals surface area contributed by atoms with Gasteiger partial charge >= 0.3 is 0 Å². The predicted molar refractivity (Wildman–Crippen MR) is 65.6 cm³/mol. The Morgan fingerprint density at radius 1 is 1.20 bits per heavy atom. The first-order chi connectivity index (χ1) is 7.02. The molecule has 0 spiro atoms. The maximum Gasteiger partial charge on any atom is 0.150 e. The third-order valence-electron chi connectivity index (χ3n) is 2.37. The molecule has 0 heterocycles. The first-order valence-corrected chi connectivity index (χ1v) is 7.51. The van der Waals surface area contributed by atoms with Crippen molar-refractivity contribution < 1.29 is 8.42 Å². The minimum absolute atomic E-state index is 0.176. The molecule has 0 aliphatic heterocycles.